The van der Waals surface area contributed by atoms with Crippen molar-refractivity contribution in [2.24, 2.45) is 0 Å². The standard InChI is InChI=1S/C16H22N2O4S3/c1-3-4-11-17-24(19,20)14-7-9-15(10-8-14)25(21,22)18-13(2)16-6-5-12-23-16/h5-10,12-13,17-18H,3-4,11H2,1-2H3/t13-/m1/s1. The molecule has 2 rings (SSSR count). The van der Waals surface area contributed by atoms with Crippen molar-refractivity contribution in [3.8, 4) is 0 Å². The fourth-order valence-corrected chi connectivity index (χ4v) is 5.27. The van der Waals surface area contributed by atoms with Crippen LogP contribution in [0.1, 0.15) is 37.6 Å². The van der Waals surface area contributed by atoms with E-state index in [-0.39, 0.29) is 15.8 Å². The monoisotopic (exact) mass is 402 g/mol. The fourth-order valence-electron chi connectivity index (χ4n) is 2.16. The molecule has 1 atom stereocenters. The zero-order chi connectivity index (χ0) is 18.5. The van der Waals surface area contributed by atoms with E-state index in [0.717, 1.165) is 17.7 Å². The number of sulfonamides is 2. The Morgan fingerprint density at radius 1 is 1.00 bits per heavy atom. The summed E-state index contributed by atoms with van der Waals surface area (Å²) in [7, 11) is -7.34. The van der Waals surface area contributed by atoms with Crippen LogP contribution in [0.15, 0.2) is 51.6 Å². The van der Waals surface area contributed by atoms with Crippen LogP contribution in [-0.4, -0.2) is 23.4 Å². The van der Waals surface area contributed by atoms with Gasteiger partial charge in [0.2, 0.25) is 20.0 Å². The molecule has 1 aromatic carbocycles. The van der Waals surface area contributed by atoms with Crippen LogP contribution in [0.5, 0.6) is 0 Å². The summed E-state index contributed by atoms with van der Waals surface area (Å²) in [4.78, 5) is 0.986. The number of unbranched alkanes of at least 4 members (excludes halogenated alkanes) is 1. The van der Waals surface area contributed by atoms with Crippen molar-refractivity contribution in [3.63, 3.8) is 0 Å². The van der Waals surface area contributed by atoms with Crippen molar-refractivity contribution >= 4 is 31.4 Å². The van der Waals surface area contributed by atoms with Crippen LogP contribution in [-0.2, 0) is 20.0 Å². The van der Waals surface area contributed by atoms with E-state index < -0.39 is 20.0 Å². The number of rotatable bonds is 9. The summed E-state index contributed by atoms with van der Waals surface area (Å²) < 4.78 is 54.2. The molecular formula is C16H22N2O4S3. The van der Waals surface area contributed by atoms with Crippen LogP contribution in [0, 0.1) is 0 Å². The second kappa shape index (κ2) is 8.41. The molecule has 9 heteroatoms. The SMILES string of the molecule is CCCCNS(=O)(=O)c1ccc(S(=O)(=O)N[C@H](C)c2cccs2)cc1. The molecular weight excluding hydrogens is 380 g/mol. The average Bonchev–Trinajstić information content (AvgIpc) is 3.09. The first-order valence-electron chi connectivity index (χ1n) is 7.92. The van der Waals surface area contributed by atoms with Gasteiger partial charge in [-0.3, -0.25) is 0 Å². The second-order valence-corrected chi connectivity index (χ2v) is 10.0. The predicted molar refractivity (Wildman–Crippen MR) is 99.6 cm³/mol. The van der Waals surface area contributed by atoms with E-state index >= 15 is 0 Å². The molecule has 1 aromatic heterocycles. The number of nitrogens with one attached hydrogen (secondary N) is 2. The van der Waals surface area contributed by atoms with Gasteiger partial charge >= 0.3 is 0 Å². The van der Waals surface area contributed by atoms with E-state index in [1.807, 2.05) is 24.4 Å². The molecule has 0 aliphatic carbocycles. The van der Waals surface area contributed by atoms with Crippen LogP contribution in [0.25, 0.3) is 0 Å². The van der Waals surface area contributed by atoms with Crippen molar-refractivity contribution in [2.45, 2.75) is 42.5 Å². The first-order chi connectivity index (χ1) is 11.8. The summed E-state index contributed by atoms with van der Waals surface area (Å²) in [6.07, 6.45) is 1.63. The molecule has 0 spiro atoms. The zero-order valence-electron chi connectivity index (χ0n) is 14.1. The summed E-state index contributed by atoms with van der Waals surface area (Å²) >= 11 is 1.47. The Morgan fingerprint density at radius 2 is 1.60 bits per heavy atom. The maximum absolute atomic E-state index is 12.4. The van der Waals surface area contributed by atoms with Gasteiger partial charge in [0.25, 0.3) is 0 Å². The molecule has 0 saturated heterocycles. The highest BCUT2D eigenvalue weighted by Crippen LogP contribution is 2.21. The van der Waals surface area contributed by atoms with Gasteiger partial charge in [0.05, 0.1) is 15.8 Å². The van der Waals surface area contributed by atoms with Crippen molar-refractivity contribution in [2.75, 3.05) is 6.54 Å². The summed E-state index contributed by atoms with van der Waals surface area (Å²) in [5.41, 5.74) is 0. The maximum atomic E-state index is 12.4. The zero-order valence-corrected chi connectivity index (χ0v) is 16.5. The van der Waals surface area contributed by atoms with Crippen molar-refractivity contribution < 1.29 is 16.8 Å². The minimum Gasteiger partial charge on any atom is -0.211 e. The highest BCUT2D eigenvalue weighted by molar-refractivity contribution is 7.90. The Morgan fingerprint density at radius 3 is 2.12 bits per heavy atom. The summed E-state index contributed by atoms with van der Waals surface area (Å²) in [6.45, 7) is 4.09. The van der Waals surface area contributed by atoms with Gasteiger partial charge in [-0.05, 0) is 49.1 Å². The number of hydrogen-bond acceptors (Lipinski definition) is 5. The van der Waals surface area contributed by atoms with Gasteiger partial charge < -0.3 is 0 Å². The topological polar surface area (TPSA) is 92.3 Å². The van der Waals surface area contributed by atoms with E-state index in [0.29, 0.717) is 6.54 Å². The molecule has 6 nitrogen and oxygen atoms in total. The predicted octanol–water partition coefficient (Wildman–Crippen LogP) is 2.87. The third kappa shape index (κ3) is 5.35. The minimum atomic E-state index is -3.73. The van der Waals surface area contributed by atoms with Crippen LogP contribution in [0.3, 0.4) is 0 Å². The van der Waals surface area contributed by atoms with E-state index in [1.54, 1.807) is 6.92 Å². The van der Waals surface area contributed by atoms with Crippen LogP contribution >= 0.6 is 11.3 Å². The van der Waals surface area contributed by atoms with Gasteiger partial charge in [-0.2, -0.15) is 0 Å². The van der Waals surface area contributed by atoms with Crippen LogP contribution < -0.4 is 9.44 Å². The fraction of sp³-hybridized carbons (Fsp3) is 0.375. The first kappa shape index (κ1) is 20.1. The molecule has 0 bridgehead atoms. The molecule has 0 fully saturated rings. The third-order valence-electron chi connectivity index (χ3n) is 3.57. The molecule has 0 radical (unpaired) electrons. The number of benzene rings is 1. The maximum Gasteiger partial charge on any atom is 0.241 e. The lowest BCUT2D eigenvalue weighted by Crippen LogP contribution is -2.27. The molecule has 1 heterocycles. The van der Waals surface area contributed by atoms with Crippen molar-refractivity contribution in [3.05, 3.63) is 46.7 Å². The van der Waals surface area contributed by atoms with E-state index in [2.05, 4.69) is 9.44 Å². The van der Waals surface area contributed by atoms with Crippen LogP contribution in [0.2, 0.25) is 0 Å². The first-order valence-corrected chi connectivity index (χ1v) is 11.8. The summed E-state index contributed by atoms with van der Waals surface area (Å²) in [5, 5.41) is 1.88. The van der Waals surface area contributed by atoms with Crippen molar-refractivity contribution in [1.82, 2.24) is 9.44 Å². The molecule has 0 aliphatic heterocycles. The lowest BCUT2D eigenvalue weighted by atomic mass is 10.3. The van der Waals surface area contributed by atoms with Gasteiger partial charge in [0.1, 0.15) is 0 Å². The lowest BCUT2D eigenvalue weighted by Gasteiger charge is -2.13. The van der Waals surface area contributed by atoms with Gasteiger partial charge in [-0.15, -0.1) is 11.3 Å². The Bertz CT molecular complexity index is 874. The lowest BCUT2D eigenvalue weighted by molar-refractivity contribution is 0.567. The van der Waals surface area contributed by atoms with Gasteiger partial charge in [0.15, 0.2) is 0 Å². The average molecular weight is 403 g/mol. The van der Waals surface area contributed by atoms with E-state index in [1.165, 1.54) is 35.6 Å². The third-order valence-corrected chi connectivity index (χ3v) is 7.66. The molecule has 0 saturated carbocycles. The number of hydrogen-bond donors (Lipinski definition) is 2. The highest BCUT2D eigenvalue weighted by atomic mass is 32.2. The Kier molecular flexibility index (Phi) is 6.75. The Labute approximate surface area is 153 Å². The van der Waals surface area contributed by atoms with E-state index in [4.69, 9.17) is 0 Å². The van der Waals surface area contributed by atoms with Crippen molar-refractivity contribution in [1.29, 1.82) is 0 Å². The minimum absolute atomic E-state index is 0.0309. The Hall–Kier alpha value is -1.26. The van der Waals surface area contributed by atoms with Crippen LogP contribution in [0.4, 0.5) is 0 Å². The quantitative estimate of drug-likeness (QED) is 0.631. The summed E-state index contributed by atoms with van der Waals surface area (Å²) in [6, 6.07) is 8.57. The molecule has 138 valence electrons. The van der Waals surface area contributed by atoms with Gasteiger partial charge in [0, 0.05) is 11.4 Å². The number of thiophene rings is 1. The van der Waals surface area contributed by atoms with Gasteiger partial charge in [-0.25, -0.2) is 26.3 Å². The molecule has 0 aliphatic rings. The molecule has 2 aromatic rings. The second-order valence-electron chi connectivity index (χ2n) is 5.58. The molecule has 2 N–H and O–H groups in total. The molecule has 0 amide bonds. The largest absolute Gasteiger partial charge is 0.241 e. The van der Waals surface area contributed by atoms with Gasteiger partial charge in [-0.1, -0.05) is 19.4 Å². The highest BCUT2D eigenvalue weighted by Gasteiger charge is 2.20. The molecule has 0 unspecified atom stereocenters. The Balaban J connectivity index is 2.13. The van der Waals surface area contributed by atoms with E-state index in [9.17, 15) is 16.8 Å². The summed E-state index contributed by atoms with van der Waals surface area (Å²) in [5.74, 6) is 0. The molecule has 25 heavy (non-hydrogen) atoms. The smallest absolute Gasteiger partial charge is 0.211 e. The normalized spacial score (nSPS) is 13.7.